The van der Waals surface area contributed by atoms with Gasteiger partial charge in [-0.3, -0.25) is 9.59 Å². The van der Waals surface area contributed by atoms with Crippen LogP contribution in [0.4, 0.5) is 0 Å². The van der Waals surface area contributed by atoms with Crippen LogP contribution in [0.1, 0.15) is 233 Å². The molecule has 1 amide bonds. The summed E-state index contributed by atoms with van der Waals surface area (Å²) in [6.45, 7) is 5.55. The number of allylic oxidation sites excluding steroid dienone is 15. The van der Waals surface area contributed by atoms with E-state index in [9.17, 15) is 35.1 Å². The number of aliphatic hydroxyl groups excluding tert-OH is 5. The molecule has 1 aliphatic rings. The van der Waals surface area contributed by atoms with Gasteiger partial charge >= 0.3 is 5.97 Å². The Morgan fingerprint density at radius 2 is 1.01 bits per heavy atom. The molecule has 1 fully saturated rings. The fraction of sp³-hybridized carbons (Fsp3) is 0.719. The fourth-order valence-electron chi connectivity index (χ4n) is 8.83. The van der Waals surface area contributed by atoms with Crippen molar-refractivity contribution in [1.82, 2.24) is 5.32 Å². The maximum Gasteiger partial charge on any atom is 0.306 e. The van der Waals surface area contributed by atoms with Gasteiger partial charge < -0.3 is 45.1 Å². The van der Waals surface area contributed by atoms with E-state index in [0.29, 0.717) is 12.8 Å². The van der Waals surface area contributed by atoms with E-state index in [1.165, 1.54) is 128 Å². The van der Waals surface area contributed by atoms with Crippen LogP contribution < -0.4 is 5.32 Å². The Hall–Kier alpha value is -3.42. The zero-order chi connectivity index (χ0) is 54.7. The molecule has 0 spiro atoms. The van der Waals surface area contributed by atoms with Gasteiger partial charge in [0.15, 0.2) is 12.4 Å². The molecule has 0 bridgehead atoms. The van der Waals surface area contributed by atoms with Crippen molar-refractivity contribution in [3.05, 3.63) is 97.2 Å². The quantitative estimate of drug-likeness (QED) is 0.0149. The molecule has 11 heteroatoms. The van der Waals surface area contributed by atoms with Crippen LogP contribution in [0.25, 0.3) is 0 Å². The second-order valence-electron chi connectivity index (χ2n) is 20.5. The summed E-state index contributed by atoms with van der Waals surface area (Å²) in [5.41, 5.74) is 0. The lowest BCUT2D eigenvalue weighted by Gasteiger charge is -2.41. The molecule has 1 aliphatic heterocycles. The molecule has 8 unspecified atom stereocenters. The molecule has 6 N–H and O–H groups in total. The molecular formula is C64H109NO10. The number of hydrogen-bond donors (Lipinski definition) is 6. The Bertz CT molecular complexity index is 1580. The van der Waals surface area contributed by atoms with Crippen LogP contribution in [0.3, 0.4) is 0 Å². The van der Waals surface area contributed by atoms with E-state index in [2.05, 4.69) is 56.5 Å². The number of unbranched alkanes of at least 4 members (excludes halogenated alkanes) is 25. The molecule has 75 heavy (non-hydrogen) atoms. The molecule has 1 rings (SSSR count). The van der Waals surface area contributed by atoms with Crippen molar-refractivity contribution in [2.75, 3.05) is 13.2 Å². The van der Waals surface area contributed by atoms with Crippen LogP contribution >= 0.6 is 0 Å². The van der Waals surface area contributed by atoms with E-state index >= 15 is 0 Å². The Morgan fingerprint density at radius 3 is 1.55 bits per heavy atom. The molecule has 0 aromatic rings. The molecule has 8 atom stereocenters. The molecule has 0 aromatic carbocycles. The maximum absolute atomic E-state index is 13.3. The van der Waals surface area contributed by atoms with Crippen LogP contribution in [0, 0.1) is 0 Å². The van der Waals surface area contributed by atoms with Gasteiger partial charge in [-0.05, 0) is 70.6 Å². The molecule has 1 saturated heterocycles. The lowest BCUT2D eigenvalue weighted by molar-refractivity contribution is -0.305. The first-order valence-corrected chi connectivity index (χ1v) is 30.1. The Balaban J connectivity index is 2.65. The first-order chi connectivity index (χ1) is 36.7. The zero-order valence-electron chi connectivity index (χ0n) is 47.4. The third-order valence-corrected chi connectivity index (χ3v) is 13.6. The highest BCUT2D eigenvalue weighted by Crippen LogP contribution is 2.26. The van der Waals surface area contributed by atoms with Crippen molar-refractivity contribution in [2.45, 2.75) is 282 Å². The molecule has 0 saturated carbocycles. The summed E-state index contributed by atoms with van der Waals surface area (Å²) in [4.78, 5) is 26.4. The normalized spacial score (nSPS) is 19.9. The Morgan fingerprint density at radius 1 is 0.547 bits per heavy atom. The van der Waals surface area contributed by atoms with Gasteiger partial charge in [0, 0.05) is 6.42 Å². The molecular weight excluding hydrogens is 943 g/mol. The van der Waals surface area contributed by atoms with Gasteiger partial charge in [0.05, 0.1) is 25.4 Å². The van der Waals surface area contributed by atoms with Crippen molar-refractivity contribution in [3.63, 3.8) is 0 Å². The fourth-order valence-corrected chi connectivity index (χ4v) is 8.83. The Kier molecular flexibility index (Phi) is 47.6. The van der Waals surface area contributed by atoms with E-state index in [1.807, 2.05) is 60.8 Å². The number of rotatable bonds is 49. The van der Waals surface area contributed by atoms with Gasteiger partial charge in [0.2, 0.25) is 5.91 Å². The minimum Gasteiger partial charge on any atom is -0.454 e. The predicted octanol–water partition coefficient (Wildman–Crippen LogP) is 13.9. The highest BCUT2D eigenvalue weighted by atomic mass is 16.7. The van der Waals surface area contributed by atoms with E-state index in [1.54, 1.807) is 6.08 Å². The van der Waals surface area contributed by atoms with Crippen molar-refractivity contribution in [1.29, 1.82) is 0 Å². The minimum absolute atomic E-state index is 0.110. The first-order valence-electron chi connectivity index (χ1n) is 30.1. The van der Waals surface area contributed by atoms with Gasteiger partial charge in [-0.2, -0.15) is 0 Å². The largest absolute Gasteiger partial charge is 0.454 e. The second-order valence-corrected chi connectivity index (χ2v) is 20.5. The smallest absolute Gasteiger partial charge is 0.306 e. The van der Waals surface area contributed by atoms with Gasteiger partial charge in [0.1, 0.15) is 24.4 Å². The van der Waals surface area contributed by atoms with Crippen molar-refractivity contribution in [2.24, 2.45) is 0 Å². The van der Waals surface area contributed by atoms with E-state index in [4.69, 9.17) is 14.2 Å². The molecule has 11 nitrogen and oxygen atoms in total. The van der Waals surface area contributed by atoms with Gasteiger partial charge in [-0.25, -0.2) is 0 Å². The van der Waals surface area contributed by atoms with E-state index < -0.39 is 67.4 Å². The predicted molar refractivity (Wildman–Crippen MR) is 310 cm³/mol. The topological polar surface area (TPSA) is 175 Å². The molecule has 0 radical (unpaired) electrons. The number of aliphatic hydroxyl groups is 5. The number of carbonyl (C=O) groups excluding carboxylic acids is 2. The lowest BCUT2D eigenvalue weighted by atomic mass is 9.99. The average Bonchev–Trinajstić information content (AvgIpc) is 3.41. The number of carbonyl (C=O) groups is 2. The maximum atomic E-state index is 13.3. The summed E-state index contributed by atoms with van der Waals surface area (Å²) in [6, 6.07) is -1.06. The first kappa shape index (κ1) is 69.6. The third kappa shape index (κ3) is 39.6. The van der Waals surface area contributed by atoms with Gasteiger partial charge in [-0.15, -0.1) is 0 Å². The van der Waals surface area contributed by atoms with Crippen LogP contribution in [-0.2, 0) is 23.8 Å². The number of nitrogens with one attached hydrogen (secondary N) is 1. The Labute approximate surface area is 456 Å². The molecule has 430 valence electrons. The summed E-state index contributed by atoms with van der Waals surface area (Å²) in [5, 5.41) is 56.7. The standard InChI is InChI=1S/C64H109NO10/c1-4-7-10-13-16-19-22-24-25-26-27-28-29-30-31-32-33-34-37-40-43-46-49-52-59(69)75-62-61(71)60(70)58(53-66)74-64(62)73-54-55(56(67)50-47-44-41-38-35-21-18-15-12-9-6-3)65-63(72)57(68)51-48-45-42-39-36-23-20-17-14-11-8-5-2/h8,11,14,16-17,19-20,23-25,36,39,42,45,47,50,55-58,60-62,64,66-68,70-71H,4-7,9-10,12-13,15,18,21-22,26-35,37-38,40-41,43-44,46,48-49,51-54H2,1-3H3,(H,65,72)/b11-8+,17-14+,19-16-,23-20-,25-24-,39-36-,45-42+,50-47+. The second kappa shape index (κ2) is 51.3. The van der Waals surface area contributed by atoms with Crippen LogP contribution in [0.15, 0.2) is 97.2 Å². The molecule has 0 aromatic heterocycles. The molecule has 1 heterocycles. The van der Waals surface area contributed by atoms with Crippen molar-refractivity contribution in [3.8, 4) is 0 Å². The van der Waals surface area contributed by atoms with Crippen LogP contribution in [0.2, 0.25) is 0 Å². The minimum atomic E-state index is -1.63. The van der Waals surface area contributed by atoms with Crippen LogP contribution in [-0.4, -0.2) is 99.6 Å². The summed E-state index contributed by atoms with van der Waals surface area (Å²) >= 11 is 0. The number of hydrogen-bond acceptors (Lipinski definition) is 10. The summed E-state index contributed by atoms with van der Waals surface area (Å²) in [5.74, 6) is -1.28. The average molecular weight is 1050 g/mol. The monoisotopic (exact) mass is 1050 g/mol. The van der Waals surface area contributed by atoms with Crippen molar-refractivity contribution >= 4 is 11.9 Å². The van der Waals surface area contributed by atoms with Gasteiger partial charge in [-0.1, -0.05) is 253 Å². The number of amides is 1. The van der Waals surface area contributed by atoms with Crippen molar-refractivity contribution < 1.29 is 49.3 Å². The SMILES string of the molecule is CC/C=C/C=C/C=C\C=C/C=C/CCC(O)C(=O)NC(COC1OC(CO)C(O)C(O)C1OC(=O)CCCCCCCCCCCCCCC/C=C\C/C=C\CCCCC)C(O)/C=C/CCCCCCCCCCC. The molecule has 0 aliphatic carbocycles. The van der Waals surface area contributed by atoms with E-state index in [-0.39, 0.29) is 19.4 Å². The number of esters is 1. The van der Waals surface area contributed by atoms with Crippen LogP contribution in [0.5, 0.6) is 0 Å². The lowest BCUT2D eigenvalue weighted by Crippen LogP contribution is -2.61. The highest BCUT2D eigenvalue weighted by molar-refractivity contribution is 5.80. The number of ether oxygens (including phenoxy) is 3. The van der Waals surface area contributed by atoms with Gasteiger partial charge in [0.25, 0.3) is 0 Å². The summed E-state index contributed by atoms with van der Waals surface area (Å²) in [6.07, 6.45) is 57.6. The zero-order valence-corrected chi connectivity index (χ0v) is 47.4. The highest BCUT2D eigenvalue weighted by Gasteiger charge is 2.47. The summed E-state index contributed by atoms with van der Waals surface area (Å²) < 4.78 is 17.5. The third-order valence-electron chi connectivity index (χ3n) is 13.6. The van der Waals surface area contributed by atoms with E-state index in [0.717, 1.165) is 57.8 Å². The summed E-state index contributed by atoms with van der Waals surface area (Å²) in [7, 11) is 0.